The smallest absolute Gasteiger partial charge is 0.341 e. The summed E-state index contributed by atoms with van der Waals surface area (Å²) < 4.78 is 12.5. The van der Waals surface area contributed by atoms with Gasteiger partial charge in [0.2, 0.25) is 0 Å². The maximum Gasteiger partial charge on any atom is 0.341 e. The van der Waals surface area contributed by atoms with E-state index in [1.165, 1.54) is 0 Å². The summed E-state index contributed by atoms with van der Waals surface area (Å²) in [6.07, 6.45) is 3.91. The summed E-state index contributed by atoms with van der Waals surface area (Å²) in [5.74, 6) is 0.0920. The number of carbonyl (C=O) groups excluding carboxylic acids is 1. The average Bonchev–Trinajstić information content (AvgIpc) is 3.02. The first-order chi connectivity index (χ1) is 12.1. The van der Waals surface area contributed by atoms with Crippen LogP contribution >= 0.6 is 0 Å². The standard InChI is InChI=1S/C18H24N4O3/c1-4-24-18(23)16-6-5-8-19-17(16)22-9-7-15(20-22)12-21-10-13(2)25-14(3)11-21/h5-9,13-14H,4,10-12H2,1-3H3/t13-,14-/m0/s1. The lowest BCUT2D eigenvalue weighted by Crippen LogP contribution is -2.44. The summed E-state index contributed by atoms with van der Waals surface area (Å²) in [5, 5.41) is 4.59. The number of ether oxygens (including phenoxy) is 2. The minimum atomic E-state index is -0.390. The van der Waals surface area contributed by atoms with E-state index >= 15 is 0 Å². The van der Waals surface area contributed by atoms with E-state index in [-0.39, 0.29) is 12.2 Å². The van der Waals surface area contributed by atoms with E-state index in [1.807, 2.05) is 12.3 Å². The molecule has 7 nitrogen and oxygen atoms in total. The molecule has 0 saturated carbocycles. The molecule has 0 bridgehead atoms. The molecule has 0 spiro atoms. The Kier molecular flexibility index (Phi) is 5.45. The number of morpholine rings is 1. The Labute approximate surface area is 147 Å². The zero-order valence-electron chi connectivity index (χ0n) is 14.9. The molecule has 1 fully saturated rings. The van der Waals surface area contributed by atoms with Crippen LogP contribution in [0.4, 0.5) is 0 Å². The van der Waals surface area contributed by atoms with E-state index in [1.54, 1.807) is 29.9 Å². The van der Waals surface area contributed by atoms with Gasteiger partial charge in [-0.2, -0.15) is 5.10 Å². The van der Waals surface area contributed by atoms with Crippen LogP contribution in [-0.4, -0.2) is 57.5 Å². The van der Waals surface area contributed by atoms with Crippen molar-refractivity contribution in [3.63, 3.8) is 0 Å². The molecule has 0 amide bonds. The van der Waals surface area contributed by atoms with Crippen molar-refractivity contribution in [1.29, 1.82) is 0 Å². The van der Waals surface area contributed by atoms with Crippen molar-refractivity contribution in [3.05, 3.63) is 41.9 Å². The summed E-state index contributed by atoms with van der Waals surface area (Å²) in [4.78, 5) is 18.7. The van der Waals surface area contributed by atoms with E-state index in [2.05, 4.69) is 28.8 Å². The normalized spacial score (nSPS) is 21.2. The predicted molar refractivity (Wildman–Crippen MR) is 92.6 cm³/mol. The highest BCUT2D eigenvalue weighted by Crippen LogP contribution is 2.16. The molecule has 1 aliphatic rings. The van der Waals surface area contributed by atoms with Crippen molar-refractivity contribution in [3.8, 4) is 5.82 Å². The summed E-state index contributed by atoms with van der Waals surface area (Å²) in [6.45, 7) is 8.78. The maximum absolute atomic E-state index is 12.1. The fraction of sp³-hybridized carbons (Fsp3) is 0.500. The minimum Gasteiger partial charge on any atom is -0.462 e. The first-order valence-electron chi connectivity index (χ1n) is 8.61. The molecule has 7 heteroatoms. The SMILES string of the molecule is CCOC(=O)c1cccnc1-n1ccc(CN2C[C@H](C)O[C@@H](C)C2)n1. The van der Waals surface area contributed by atoms with Gasteiger partial charge >= 0.3 is 5.97 Å². The second-order valence-electron chi connectivity index (χ2n) is 6.30. The van der Waals surface area contributed by atoms with Gasteiger partial charge in [0, 0.05) is 32.0 Å². The summed E-state index contributed by atoms with van der Waals surface area (Å²) >= 11 is 0. The Balaban J connectivity index is 1.77. The van der Waals surface area contributed by atoms with Gasteiger partial charge in [-0.3, -0.25) is 4.90 Å². The van der Waals surface area contributed by atoms with Gasteiger partial charge in [0.25, 0.3) is 0 Å². The van der Waals surface area contributed by atoms with Crippen LogP contribution in [0.15, 0.2) is 30.6 Å². The topological polar surface area (TPSA) is 69.5 Å². The molecular weight excluding hydrogens is 320 g/mol. The number of carbonyl (C=O) groups is 1. The Morgan fingerprint density at radius 3 is 2.80 bits per heavy atom. The lowest BCUT2D eigenvalue weighted by Gasteiger charge is -2.34. The molecule has 2 aromatic heterocycles. The fourth-order valence-corrected chi connectivity index (χ4v) is 3.15. The number of pyridine rings is 1. The highest BCUT2D eigenvalue weighted by molar-refractivity contribution is 5.92. The van der Waals surface area contributed by atoms with Crippen molar-refractivity contribution in [2.24, 2.45) is 0 Å². The molecule has 0 aliphatic carbocycles. The van der Waals surface area contributed by atoms with Crippen LogP contribution in [0.3, 0.4) is 0 Å². The van der Waals surface area contributed by atoms with E-state index in [9.17, 15) is 4.79 Å². The number of hydrogen-bond acceptors (Lipinski definition) is 6. The van der Waals surface area contributed by atoms with Gasteiger partial charge in [0.1, 0.15) is 5.56 Å². The summed E-state index contributed by atoms with van der Waals surface area (Å²) in [5.41, 5.74) is 1.34. The Bertz CT molecular complexity index is 721. The third-order valence-electron chi connectivity index (χ3n) is 4.02. The Morgan fingerprint density at radius 1 is 1.32 bits per heavy atom. The van der Waals surface area contributed by atoms with Gasteiger partial charge in [-0.25, -0.2) is 14.5 Å². The zero-order chi connectivity index (χ0) is 17.8. The molecule has 3 rings (SSSR count). The molecule has 0 unspecified atom stereocenters. The molecule has 1 aliphatic heterocycles. The Hall–Kier alpha value is -2.25. The maximum atomic E-state index is 12.1. The van der Waals surface area contributed by atoms with Crippen LogP contribution in [-0.2, 0) is 16.0 Å². The summed E-state index contributed by atoms with van der Waals surface area (Å²) in [7, 11) is 0. The van der Waals surface area contributed by atoms with Crippen LogP contribution in [0.25, 0.3) is 5.82 Å². The largest absolute Gasteiger partial charge is 0.462 e. The van der Waals surface area contributed by atoms with Gasteiger partial charge in [0.05, 0.1) is 24.5 Å². The van der Waals surface area contributed by atoms with E-state index in [4.69, 9.17) is 9.47 Å². The number of rotatable bonds is 5. The minimum absolute atomic E-state index is 0.219. The van der Waals surface area contributed by atoms with Gasteiger partial charge < -0.3 is 9.47 Å². The second-order valence-corrected chi connectivity index (χ2v) is 6.30. The number of nitrogens with zero attached hydrogens (tertiary/aromatic N) is 4. The highest BCUT2D eigenvalue weighted by atomic mass is 16.5. The van der Waals surface area contributed by atoms with Crippen molar-refractivity contribution >= 4 is 5.97 Å². The molecule has 0 aromatic carbocycles. The van der Waals surface area contributed by atoms with Crippen LogP contribution in [0, 0.1) is 0 Å². The molecular formula is C18H24N4O3. The lowest BCUT2D eigenvalue weighted by molar-refractivity contribution is -0.0707. The molecule has 2 aromatic rings. The van der Waals surface area contributed by atoms with Crippen LogP contribution < -0.4 is 0 Å². The predicted octanol–water partition coefficient (Wildman–Crippen LogP) is 2.05. The van der Waals surface area contributed by atoms with Gasteiger partial charge in [-0.05, 0) is 39.0 Å². The third-order valence-corrected chi connectivity index (χ3v) is 4.02. The van der Waals surface area contributed by atoms with Crippen molar-refractivity contribution in [2.75, 3.05) is 19.7 Å². The zero-order valence-corrected chi connectivity index (χ0v) is 14.9. The van der Waals surface area contributed by atoms with Crippen LogP contribution in [0.1, 0.15) is 36.8 Å². The van der Waals surface area contributed by atoms with Crippen molar-refractivity contribution in [1.82, 2.24) is 19.7 Å². The average molecular weight is 344 g/mol. The quantitative estimate of drug-likeness (QED) is 0.773. The number of esters is 1. The number of hydrogen-bond donors (Lipinski definition) is 0. The fourth-order valence-electron chi connectivity index (χ4n) is 3.15. The van der Waals surface area contributed by atoms with Crippen molar-refractivity contribution in [2.45, 2.75) is 39.5 Å². The lowest BCUT2D eigenvalue weighted by atomic mass is 10.2. The monoisotopic (exact) mass is 344 g/mol. The van der Waals surface area contributed by atoms with E-state index < -0.39 is 5.97 Å². The van der Waals surface area contributed by atoms with Crippen molar-refractivity contribution < 1.29 is 14.3 Å². The Morgan fingerprint density at radius 2 is 2.08 bits per heavy atom. The van der Waals surface area contributed by atoms with Gasteiger partial charge in [0.15, 0.2) is 5.82 Å². The molecule has 0 radical (unpaired) electrons. The molecule has 1 saturated heterocycles. The van der Waals surface area contributed by atoms with Gasteiger partial charge in [-0.15, -0.1) is 0 Å². The molecule has 3 heterocycles. The van der Waals surface area contributed by atoms with E-state index in [0.29, 0.717) is 18.0 Å². The summed E-state index contributed by atoms with van der Waals surface area (Å²) in [6, 6.07) is 5.37. The van der Waals surface area contributed by atoms with E-state index in [0.717, 1.165) is 25.3 Å². The van der Waals surface area contributed by atoms with Crippen LogP contribution in [0.5, 0.6) is 0 Å². The molecule has 0 N–H and O–H groups in total. The first-order valence-corrected chi connectivity index (χ1v) is 8.61. The third kappa shape index (κ3) is 4.24. The molecule has 25 heavy (non-hydrogen) atoms. The molecule has 2 atom stereocenters. The first kappa shape index (κ1) is 17.6. The van der Waals surface area contributed by atoms with Crippen LogP contribution in [0.2, 0.25) is 0 Å². The molecule has 134 valence electrons. The second kappa shape index (κ2) is 7.76. The van der Waals surface area contributed by atoms with Gasteiger partial charge in [-0.1, -0.05) is 0 Å². The number of aromatic nitrogens is 3. The highest BCUT2D eigenvalue weighted by Gasteiger charge is 2.23.